The summed E-state index contributed by atoms with van der Waals surface area (Å²) in [5, 5.41) is 0.715. The average molecular weight is 371 g/mol. The van der Waals surface area contributed by atoms with E-state index in [0.717, 1.165) is 21.6 Å². The maximum Gasteiger partial charge on any atom is 0.271 e. The van der Waals surface area contributed by atoms with Crippen molar-refractivity contribution in [1.82, 2.24) is 9.55 Å². The molecule has 0 amide bonds. The fourth-order valence-corrected chi connectivity index (χ4v) is 3.80. The summed E-state index contributed by atoms with van der Waals surface area (Å²) >= 11 is 7.64. The van der Waals surface area contributed by atoms with Crippen LogP contribution in [0, 0.1) is 6.92 Å². The van der Waals surface area contributed by atoms with E-state index in [4.69, 9.17) is 11.6 Å². The van der Waals surface area contributed by atoms with Crippen LogP contribution in [0.1, 0.15) is 11.1 Å². The molecular weight excluding hydrogens is 356 g/mol. The van der Waals surface area contributed by atoms with Gasteiger partial charge in [0.15, 0.2) is 4.80 Å². The molecule has 4 rings (SSSR count). The highest BCUT2D eigenvalue weighted by Gasteiger charge is 2.16. The Labute approximate surface area is 153 Å². The van der Waals surface area contributed by atoms with Crippen molar-refractivity contribution < 1.29 is 0 Å². The van der Waals surface area contributed by atoms with Gasteiger partial charge in [0.05, 0.1) is 4.53 Å². The Morgan fingerprint density at radius 1 is 1.24 bits per heavy atom. The highest BCUT2D eigenvalue weighted by atomic mass is 35.5. The summed E-state index contributed by atoms with van der Waals surface area (Å²) in [5.41, 5.74) is 2.92. The lowest BCUT2D eigenvalue weighted by molar-refractivity contribution is 0.569. The van der Waals surface area contributed by atoms with Gasteiger partial charge in [0.1, 0.15) is 13.3 Å². The predicted octanol–water partition coefficient (Wildman–Crippen LogP) is 2.15. The summed E-state index contributed by atoms with van der Waals surface area (Å²) in [7, 11) is 0. The molecule has 5 nitrogen and oxygen atoms in total. The van der Waals surface area contributed by atoms with Crippen LogP contribution < -0.4 is 19.8 Å². The minimum Gasteiger partial charge on any atom is -0.334 e. The number of fused-ring (bicyclic) bond motifs is 1. The Balaban J connectivity index is 1.72. The standard InChI is InChI=1S/C18H15ClN4OS/c1-12-2-3-14(9-15(12)19)22-10-21-18-23(11-22)17(24)16(25-18)8-13-4-6-20-7-5-13/h2-9H,10-11H2,1H3/b16-8-. The molecule has 0 bridgehead atoms. The molecule has 0 saturated heterocycles. The Bertz CT molecular complexity index is 1100. The Hall–Kier alpha value is -2.44. The zero-order valence-electron chi connectivity index (χ0n) is 13.5. The second kappa shape index (κ2) is 6.46. The summed E-state index contributed by atoms with van der Waals surface area (Å²) in [4.78, 5) is 24.1. The van der Waals surface area contributed by atoms with Gasteiger partial charge in [0, 0.05) is 23.1 Å². The largest absolute Gasteiger partial charge is 0.334 e. The van der Waals surface area contributed by atoms with Gasteiger partial charge >= 0.3 is 0 Å². The van der Waals surface area contributed by atoms with Crippen molar-refractivity contribution >= 4 is 34.7 Å². The van der Waals surface area contributed by atoms with Crippen LogP contribution in [0.4, 0.5) is 5.69 Å². The molecule has 2 aromatic heterocycles. The molecule has 0 saturated carbocycles. The van der Waals surface area contributed by atoms with Crippen LogP contribution in [0.5, 0.6) is 0 Å². The smallest absolute Gasteiger partial charge is 0.271 e. The number of hydrogen-bond donors (Lipinski definition) is 0. The van der Waals surface area contributed by atoms with Crippen LogP contribution in [0.25, 0.3) is 6.08 Å². The summed E-state index contributed by atoms with van der Waals surface area (Å²) in [6, 6.07) is 9.65. The molecule has 0 fully saturated rings. The van der Waals surface area contributed by atoms with E-state index in [2.05, 4.69) is 9.98 Å². The lowest BCUT2D eigenvalue weighted by Gasteiger charge is -2.26. The minimum atomic E-state index is -0.0246. The van der Waals surface area contributed by atoms with Gasteiger partial charge < -0.3 is 4.90 Å². The summed E-state index contributed by atoms with van der Waals surface area (Å²) in [6.07, 6.45) is 5.30. The number of thiazole rings is 1. The van der Waals surface area contributed by atoms with Crippen molar-refractivity contribution in [1.29, 1.82) is 0 Å². The molecule has 0 atom stereocenters. The summed E-state index contributed by atoms with van der Waals surface area (Å²) < 4.78 is 2.38. The van der Waals surface area contributed by atoms with Crippen molar-refractivity contribution in [3.05, 3.63) is 78.6 Å². The highest BCUT2D eigenvalue weighted by molar-refractivity contribution is 7.07. The number of hydrogen-bond acceptors (Lipinski definition) is 5. The Morgan fingerprint density at radius 3 is 2.80 bits per heavy atom. The lowest BCUT2D eigenvalue weighted by Crippen LogP contribution is -2.42. The number of benzene rings is 1. The number of nitrogens with zero attached hydrogens (tertiary/aromatic N) is 4. The first-order valence-corrected chi connectivity index (χ1v) is 8.98. The third-order valence-corrected chi connectivity index (χ3v) is 5.55. The molecule has 3 aromatic rings. The van der Waals surface area contributed by atoms with Crippen LogP contribution >= 0.6 is 22.9 Å². The lowest BCUT2D eigenvalue weighted by atomic mass is 10.2. The molecule has 0 N–H and O–H groups in total. The zero-order valence-corrected chi connectivity index (χ0v) is 15.1. The Kier molecular flexibility index (Phi) is 4.15. The van der Waals surface area contributed by atoms with Gasteiger partial charge in [-0.2, -0.15) is 0 Å². The molecule has 0 unspecified atom stereocenters. The number of anilines is 1. The van der Waals surface area contributed by atoms with Crippen LogP contribution in [0.15, 0.2) is 52.5 Å². The fraction of sp³-hybridized carbons (Fsp3) is 0.167. The van der Waals surface area contributed by atoms with Crippen LogP contribution in [-0.4, -0.2) is 16.2 Å². The SMILES string of the molecule is Cc1ccc(N2CN=c3s/c(=C\c4ccncc4)c(=O)n3C2)cc1Cl. The maximum absolute atomic E-state index is 12.7. The first-order valence-electron chi connectivity index (χ1n) is 7.79. The fourth-order valence-electron chi connectivity index (χ4n) is 2.66. The van der Waals surface area contributed by atoms with Crippen LogP contribution in [-0.2, 0) is 6.67 Å². The first-order chi connectivity index (χ1) is 12.1. The molecule has 1 aliphatic heterocycles. The molecule has 7 heteroatoms. The quantitative estimate of drug-likeness (QED) is 0.694. The maximum atomic E-state index is 12.7. The highest BCUT2D eigenvalue weighted by Crippen LogP contribution is 2.23. The predicted molar refractivity (Wildman–Crippen MR) is 101 cm³/mol. The van der Waals surface area contributed by atoms with Gasteiger partial charge in [-0.1, -0.05) is 29.0 Å². The normalized spacial score (nSPS) is 14.3. The minimum absolute atomic E-state index is 0.0246. The molecule has 1 aliphatic rings. The van der Waals surface area contributed by atoms with E-state index in [1.54, 1.807) is 17.0 Å². The second-order valence-corrected chi connectivity index (χ2v) is 7.24. The second-order valence-electron chi connectivity index (χ2n) is 5.82. The molecular formula is C18H15ClN4OS. The molecule has 126 valence electrons. The van der Waals surface area contributed by atoms with E-state index >= 15 is 0 Å². The van der Waals surface area contributed by atoms with Crippen molar-refractivity contribution in [2.45, 2.75) is 13.6 Å². The summed E-state index contributed by atoms with van der Waals surface area (Å²) in [6.45, 7) is 2.95. The van der Waals surface area contributed by atoms with Crippen molar-refractivity contribution in [3.63, 3.8) is 0 Å². The van der Waals surface area contributed by atoms with Crippen LogP contribution in [0.2, 0.25) is 5.02 Å². The number of pyridine rings is 1. The number of aryl methyl sites for hydroxylation is 1. The first kappa shape index (κ1) is 16.1. The molecule has 0 aliphatic carbocycles. The average Bonchev–Trinajstić information content (AvgIpc) is 2.94. The third-order valence-electron chi connectivity index (χ3n) is 4.10. The topological polar surface area (TPSA) is 50.5 Å². The number of aromatic nitrogens is 2. The van der Waals surface area contributed by atoms with Crippen molar-refractivity contribution in [2.75, 3.05) is 11.6 Å². The van der Waals surface area contributed by atoms with Gasteiger partial charge in [-0.3, -0.25) is 14.3 Å². The molecule has 0 radical (unpaired) electrons. The van der Waals surface area contributed by atoms with Gasteiger partial charge in [-0.05, 0) is 48.4 Å². The van der Waals surface area contributed by atoms with Gasteiger partial charge in [0.2, 0.25) is 0 Å². The molecule has 1 aromatic carbocycles. The van der Waals surface area contributed by atoms with E-state index in [1.165, 1.54) is 11.3 Å². The van der Waals surface area contributed by atoms with E-state index in [-0.39, 0.29) is 5.56 Å². The van der Waals surface area contributed by atoms with Crippen molar-refractivity contribution in [2.24, 2.45) is 4.99 Å². The van der Waals surface area contributed by atoms with Crippen LogP contribution in [0.3, 0.4) is 0 Å². The monoisotopic (exact) mass is 370 g/mol. The number of halogens is 1. The van der Waals surface area contributed by atoms with E-state index < -0.39 is 0 Å². The van der Waals surface area contributed by atoms with Gasteiger partial charge in [-0.15, -0.1) is 0 Å². The van der Waals surface area contributed by atoms with E-state index in [1.807, 2.05) is 48.2 Å². The Morgan fingerprint density at radius 2 is 2.04 bits per heavy atom. The molecule has 25 heavy (non-hydrogen) atoms. The molecule has 3 heterocycles. The third kappa shape index (κ3) is 3.10. The van der Waals surface area contributed by atoms with Gasteiger partial charge in [0.25, 0.3) is 5.56 Å². The van der Waals surface area contributed by atoms with E-state index in [0.29, 0.717) is 22.9 Å². The zero-order chi connectivity index (χ0) is 17.4. The van der Waals surface area contributed by atoms with E-state index in [9.17, 15) is 4.79 Å². The number of rotatable bonds is 2. The van der Waals surface area contributed by atoms with Crippen molar-refractivity contribution in [3.8, 4) is 0 Å². The summed E-state index contributed by atoms with van der Waals surface area (Å²) in [5.74, 6) is 0. The van der Waals surface area contributed by atoms with Gasteiger partial charge in [-0.25, -0.2) is 4.99 Å². The molecule has 0 spiro atoms.